The van der Waals surface area contributed by atoms with Crippen molar-refractivity contribution in [1.29, 1.82) is 0 Å². The number of ether oxygens (including phenoxy) is 2. The average molecular weight is 592 g/mol. The molecule has 7 nitrogen and oxygen atoms in total. The van der Waals surface area contributed by atoms with Crippen LogP contribution >= 0.6 is 0 Å². The Kier molecular flexibility index (Phi) is 8.69. The maximum absolute atomic E-state index is 14.0. The largest absolute Gasteiger partial charge is 0.463 e. The normalized spacial score (nSPS) is 21.8. The van der Waals surface area contributed by atoms with E-state index in [1.54, 1.807) is 6.92 Å². The van der Waals surface area contributed by atoms with Gasteiger partial charge in [-0.2, -0.15) is 0 Å². The van der Waals surface area contributed by atoms with Gasteiger partial charge in [0, 0.05) is 17.9 Å². The quantitative estimate of drug-likeness (QED) is 0.203. The second-order valence-corrected chi connectivity index (χ2v) is 11.9. The molecule has 3 unspecified atom stereocenters. The summed E-state index contributed by atoms with van der Waals surface area (Å²) >= 11 is 0. The minimum Gasteiger partial charge on any atom is -0.463 e. The topological polar surface area (TPSA) is 79.9 Å². The molecule has 0 aliphatic carbocycles. The van der Waals surface area contributed by atoms with Gasteiger partial charge in [-0.25, -0.2) is 4.79 Å². The van der Waals surface area contributed by atoms with Crippen molar-refractivity contribution in [2.75, 3.05) is 30.3 Å². The SMILES string of the molecule is CCOC(=O)C1=C(C(=O)Nc2c(C)cccc2C)C2C=CC1(C(Nc1ccccc1)c1ccc(CN3CCCCC3)cc1)O2. The molecule has 228 valence electrons. The number of piperidine rings is 1. The molecule has 3 aromatic carbocycles. The highest BCUT2D eigenvalue weighted by Crippen LogP contribution is 2.51. The molecule has 3 aliphatic heterocycles. The number of hydrogen-bond acceptors (Lipinski definition) is 6. The lowest BCUT2D eigenvalue weighted by molar-refractivity contribution is -0.140. The summed E-state index contributed by atoms with van der Waals surface area (Å²) in [6.45, 7) is 9.03. The van der Waals surface area contributed by atoms with Crippen molar-refractivity contribution in [3.05, 3.63) is 118 Å². The number of hydrogen-bond donors (Lipinski definition) is 2. The van der Waals surface area contributed by atoms with Crippen molar-refractivity contribution >= 4 is 23.3 Å². The van der Waals surface area contributed by atoms with Gasteiger partial charge in [0.25, 0.3) is 5.91 Å². The highest BCUT2D eigenvalue weighted by Gasteiger charge is 2.58. The first-order chi connectivity index (χ1) is 21.4. The molecule has 6 rings (SSSR count). The molecule has 1 saturated heterocycles. The molecule has 44 heavy (non-hydrogen) atoms. The first-order valence-corrected chi connectivity index (χ1v) is 15.7. The van der Waals surface area contributed by atoms with Gasteiger partial charge in [0.2, 0.25) is 0 Å². The van der Waals surface area contributed by atoms with Crippen molar-refractivity contribution in [2.24, 2.45) is 0 Å². The van der Waals surface area contributed by atoms with Crippen LogP contribution in [-0.2, 0) is 25.6 Å². The van der Waals surface area contributed by atoms with Gasteiger partial charge in [0.1, 0.15) is 11.7 Å². The fourth-order valence-electron chi connectivity index (χ4n) is 6.72. The fraction of sp³-hybridized carbons (Fsp3) is 0.351. The average Bonchev–Trinajstić information content (AvgIpc) is 3.62. The molecule has 0 spiro atoms. The summed E-state index contributed by atoms with van der Waals surface area (Å²) in [7, 11) is 0. The van der Waals surface area contributed by atoms with E-state index in [0.29, 0.717) is 0 Å². The molecular formula is C37H41N3O4. The van der Waals surface area contributed by atoms with Crippen LogP contribution in [0.2, 0.25) is 0 Å². The Morgan fingerprint density at radius 3 is 2.34 bits per heavy atom. The zero-order chi connectivity index (χ0) is 30.7. The van der Waals surface area contributed by atoms with Crippen LogP contribution in [0, 0.1) is 13.8 Å². The smallest absolute Gasteiger partial charge is 0.337 e. The first kappa shape index (κ1) is 29.9. The summed E-state index contributed by atoms with van der Waals surface area (Å²) in [5, 5.41) is 6.73. The number of carbonyl (C=O) groups excluding carboxylic acids is 2. The van der Waals surface area contributed by atoms with Crippen molar-refractivity contribution in [2.45, 2.75) is 64.3 Å². The summed E-state index contributed by atoms with van der Waals surface area (Å²) in [6, 6.07) is 23.8. The predicted octanol–water partition coefficient (Wildman–Crippen LogP) is 6.65. The van der Waals surface area contributed by atoms with Gasteiger partial charge in [-0.15, -0.1) is 0 Å². The zero-order valence-corrected chi connectivity index (χ0v) is 25.8. The Labute approximate surface area is 259 Å². The Morgan fingerprint density at radius 1 is 0.955 bits per heavy atom. The van der Waals surface area contributed by atoms with Gasteiger partial charge in [-0.3, -0.25) is 9.69 Å². The lowest BCUT2D eigenvalue weighted by Gasteiger charge is -2.36. The number of anilines is 2. The number of rotatable bonds is 10. The summed E-state index contributed by atoms with van der Waals surface area (Å²) in [5.74, 6) is -0.912. The minimum atomic E-state index is -1.26. The van der Waals surface area contributed by atoms with Crippen LogP contribution in [0.4, 0.5) is 11.4 Å². The molecule has 3 aromatic rings. The monoisotopic (exact) mass is 591 g/mol. The number of likely N-dealkylation sites (tertiary alicyclic amines) is 1. The van der Waals surface area contributed by atoms with Crippen LogP contribution < -0.4 is 10.6 Å². The Balaban J connectivity index is 1.40. The van der Waals surface area contributed by atoms with E-state index >= 15 is 0 Å². The van der Waals surface area contributed by atoms with Gasteiger partial charge >= 0.3 is 5.97 Å². The van der Waals surface area contributed by atoms with Gasteiger partial charge < -0.3 is 20.1 Å². The zero-order valence-electron chi connectivity index (χ0n) is 25.8. The third kappa shape index (κ3) is 5.82. The molecule has 3 aliphatic rings. The molecule has 1 amide bonds. The van der Waals surface area contributed by atoms with Gasteiger partial charge in [-0.1, -0.05) is 73.2 Å². The van der Waals surface area contributed by atoms with Crippen molar-refractivity contribution in [3.8, 4) is 0 Å². The van der Waals surface area contributed by atoms with E-state index in [4.69, 9.17) is 9.47 Å². The highest BCUT2D eigenvalue weighted by atomic mass is 16.5. The second-order valence-electron chi connectivity index (χ2n) is 11.9. The number of nitrogens with one attached hydrogen (secondary N) is 2. The van der Waals surface area contributed by atoms with E-state index in [1.165, 1.54) is 24.8 Å². The highest BCUT2D eigenvalue weighted by molar-refractivity contribution is 6.12. The molecular weight excluding hydrogens is 550 g/mol. The number of nitrogens with zero attached hydrogens (tertiary/aromatic N) is 1. The van der Waals surface area contributed by atoms with E-state index in [9.17, 15) is 9.59 Å². The first-order valence-electron chi connectivity index (χ1n) is 15.7. The molecule has 1 fully saturated rings. The molecule has 3 heterocycles. The molecule has 2 bridgehead atoms. The van der Waals surface area contributed by atoms with Crippen LogP contribution in [0.1, 0.15) is 54.5 Å². The Bertz CT molecular complexity index is 1550. The summed E-state index contributed by atoms with van der Waals surface area (Å²) < 4.78 is 12.3. The number of amides is 1. The molecule has 0 radical (unpaired) electrons. The lowest BCUT2D eigenvalue weighted by atomic mass is 9.78. The number of carbonyl (C=O) groups is 2. The van der Waals surface area contributed by atoms with Crippen LogP contribution in [0.25, 0.3) is 0 Å². The van der Waals surface area contributed by atoms with Gasteiger partial charge in [-0.05, 0) is 87.2 Å². The minimum absolute atomic E-state index is 0.181. The van der Waals surface area contributed by atoms with Crippen LogP contribution in [0.15, 0.2) is 96.1 Å². The second kappa shape index (κ2) is 12.8. The van der Waals surface area contributed by atoms with E-state index in [2.05, 4.69) is 39.8 Å². The summed E-state index contributed by atoms with van der Waals surface area (Å²) in [6.07, 6.45) is 6.92. The van der Waals surface area contributed by atoms with E-state index in [-0.39, 0.29) is 23.7 Å². The van der Waals surface area contributed by atoms with Gasteiger partial charge in [0.05, 0.1) is 23.8 Å². The third-order valence-corrected chi connectivity index (χ3v) is 8.91. The van der Waals surface area contributed by atoms with Crippen LogP contribution in [-0.4, -0.2) is 48.2 Å². The maximum Gasteiger partial charge on any atom is 0.337 e. The predicted molar refractivity (Wildman–Crippen MR) is 173 cm³/mol. The summed E-state index contributed by atoms with van der Waals surface area (Å²) in [4.78, 5) is 30.3. The number of fused-ring (bicyclic) bond motifs is 2. The maximum atomic E-state index is 14.0. The Hall–Kier alpha value is -4.20. The van der Waals surface area contributed by atoms with E-state index < -0.39 is 23.7 Å². The molecule has 2 N–H and O–H groups in total. The molecule has 3 atom stereocenters. The van der Waals surface area contributed by atoms with Crippen molar-refractivity contribution < 1.29 is 19.1 Å². The van der Waals surface area contributed by atoms with Crippen molar-refractivity contribution in [3.63, 3.8) is 0 Å². The fourth-order valence-corrected chi connectivity index (χ4v) is 6.72. The molecule has 7 heteroatoms. The number of aryl methyl sites for hydroxylation is 2. The molecule has 0 aromatic heterocycles. The van der Waals surface area contributed by atoms with Crippen molar-refractivity contribution in [1.82, 2.24) is 4.90 Å². The number of esters is 1. The third-order valence-electron chi connectivity index (χ3n) is 8.91. The van der Waals surface area contributed by atoms with Gasteiger partial charge in [0.15, 0.2) is 0 Å². The van der Waals surface area contributed by atoms with E-state index in [0.717, 1.165) is 47.7 Å². The number of benzene rings is 3. The Morgan fingerprint density at radius 2 is 1.66 bits per heavy atom. The summed E-state index contributed by atoms with van der Waals surface area (Å²) in [5.41, 5.74) is 4.95. The van der Waals surface area contributed by atoms with Crippen LogP contribution in [0.3, 0.4) is 0 Å². The standard InChI is InChI=1S/C37H41N3O4/c1-4-43-36(42)32-31(35(41)39-33-25(2)12-11-13-26(33)3)30-20-21-37(32,44-30)34(38-29-14-7-5-8-15-29)28-18-16-27(17-19-28)24-40-22-9-6-10-23-40/h5,7-8,11-21,30,34,38H,4,6,9-10,22-24H2,1-3H3,(H,39,41). The molecule has 0 saturated carbocycles. The van der Waals surface area contributed by atoms with Crippen LogP contribution in [0.5, 0.6) is 0 Å². The lowest BCUT2D eigenvalue weighted by Crippen LogP contribution is -2.42. The number of para-hydroxylation sites is 2. The van der Waals surface area contributed by atoms with E-state index in [1.807, 2.05) is 74.5 Å².